The van der Waals surface area contributed by atoms with Crippen LogP contribution in [0.1, 0.15) is 59.3 Å². The Morgan fingerprint density at radius 2 is 2.10 bits per heavy atom. The molecule has 2 aliphatic carbocycles. The van der Waals surface area contributed by atoms with Crippen LogP contribution in [-0.2, 0) is 9.53 Å². The van der Waals surface area contributed by atoms with Crippen molar-refractivity contribution < 1.29 is 9.53 Å². The molecule has 0 spiro atoms. The molecular formula is C17H32N2O2. The van der Waals surface area contributed by atoms with Crippen LogP contribution in [0, 0.1) is 5.92 Å². The van der Waals surface area contributed by atoms with Gasteiger partial charge in [0.15, 0.2) is 0 Å². The van der Waals surface area contributed by atoms with Crippen LogP contribution >= 0.6 is 0 Å². The minimum Gasteiger partial charge on any atom is -0.465 e. The molecule has 0 aliphatic heterocycles. The number of nitrogens with zero attached hydrogens (tertiary/aromatic N) is 1. The zero-order valence-corrected chi connectivity index (χ0v) is 14.2. The lowest BCUT2D eigenvalue weighted by molar-refractivity contribution is -0.151. The van der Waals surface area contributed by atoms with Crippen molar-refractivity contribution in [3.05, 3.63) is 0 Å². The predicted octanol–water partition coefficient (Wildman–Crippen LogP) is 2.57. The maximum absolute atomic E-state index is 12.5. The minimum atomic E-state index is -0.450. The van der Waals surface area contributed by atoms with Crippen LogP contribution in [0.3, 0.4) is 0 Å². The highest BCUT2D eigenvalue weighted by atomic mass is 16.5. The molecule has 0 aromatic heterocycles. The highest BCUT2D eigenvalue weighted by Crippen LogP contribution is 2.39. The fourth-order valence-electron chi connectivity index (χ4n) is 3.66. The van der Waals surface area contributed by atoms with Gasteiger partial charge in [0.25, 0.3) is 0 Å². The van der Waals surface area contributed by atoms with Gasteiger partial charge in [-0.2, -0.15) is 0 Å². The second-order valence-corrected chi connectivity index (χ2v) is 6.87. The van der Waals surface area contributed by atoms with Crippen molar-refractivity contribution in [2.45, 2.75) is 76.9 Å². The molecule has 0 amide bonds. The van der Waals surface area contributed by atoms with Crippen LogP contribution in [0.25, 0.3) is 0 Å². The standard InChI is InChI=1S/C17H32N2O2/c1-5-11-18-17(16(20)21-6-2)10-9-15(12-17)19(4)13(3)14-7-8-14/h13-15,18H,5-12H2,1-4H3. The van der Waals surface area contributed by atoms with Crippen molar-refractivity contribution >= 4 is 5.97 Å². The molecule has 2 rings (SSSR count). The summed E-state index contributed by atoms with van der Waals surface area (Å²) in [6, 6.07) is 1.13. The van der Waals surface area contributed by atoms with Gasteiger partial charge < -0.3 is 15.0 Å². The topological polar surface area (TPSA) is 41.6 Å². The average molecular weight is 296 g/mol. The van der Waals surface area contributed by atoms with Gasteiger partial charge in [-0.25, -0.2) is 0 Å². The summed E-state index contributed by atoms with van der Waals surface area (Å²) in [7, 11) is 2.23. The van der Waals surface area contributed by atoms with Gasteiger partial charge in [0.05, 0.1) is 6.61 Å². The molecule has 0 aromatic carbocycles. The van der Waals surface area contributed by atoms with Gasteiger partial charge >= 0.3 is 5.97 Å². The molecule has 122 valence electrons. The first kappa shape index (κ1) is 16.8. The first-order valence-electron chi connectivity index (χ1n) is 8.68. The number of hydrogen-bond acceptors (Lipinski definition) is 4. The molecule has 4 heteroatoms. The average Bonchev–Trinajstić information content (AvgIpc) is 3.24. The summed E-state index contributed by atoms with van der Waals surface area (Å²) in [5.74, 6) is 0.824. The van der Waals surface area contributed by atoms with E-state index in [0.29, 0.717) is 18.7 Å². The third kappa shape index (κ3) is 3.78. The van der Waals surface area contributed by atoms with Gasteiger partial charge in [-0.15, -0.1) is 0 Å². The minimum absolute atomic E-state index is 0.0478. The van der Waals surface area contributed by atoms with E-state index in [0.717, 1.165) is 38.1 Å². The van der Waals surface area contributed by atoms with Crippen molar-refractivity contribution in [2.75, 3.05) is 20.2 Å². The molecule has 0 saturated heterocycles. The molecule has 0 aromatic rings. The summed E-state index contributed by atoms with van der Waals surface area (Å²) in [6.45, 7) is 7.71. The summed E-state index contributed by atoms with van der Waals surface area (Å²) in [4.78, 5) is 15.0. The zero-order chi connectivity index (χ0) is 15.5. The number of carbonyl (C=O) groups is 1. The molecule has 2 saturated carbocycles. The molecular weight excluding hydrogens is 264 g/mol. The molecule has 0 radical (unpaired) electrons. The Balaban J connectivity index is 2.00. The third-order valence-electron chi connectivity index (χ3n) is 5.39. The predicted molar refractivity (Wildman–Crippen MR) is 85.2 cm³/mol. The van der Waals surface area contributed by atoms with Crippen LogP contribution in [0.5, 0.6) is 0 Å². The second-order valence-electron chi connectivity index (χ2n) is 6.87. The van der Waals surface area contributed by atoms with Crippen molar-refractivity contribution in [3.8, 4) is 0 Å². The maximum Gasteiger partial charge on any atom is 0.326 e. The van der Waals surface area contributed by atoms with Crippen molar-refractivity contribution in [1.82, 2.24) is 10.2 Å². The van der Waals surface area contributed by atoms with E-state index in [1.807, 2.05) is 6.92 Å². The lowest BCUT2D eigenvalue weighted by Gasteiger charge is -2.33. The number of nitrogens with one attached hydrogen (secondary N) is 1. The molecule has 4 nitrogen and oxygen atoms in total. The smallest absolute Gasteiger partial charge is 0.326 e. The lowest BCUT2D eigenvalue weighted by Crippen LogP contribution is -2.52. The molecule has 21 heavy (non-hydrogen) atoms. The summed E-state index contributed by atoms with van der Waals surface area (Å²) in [6.07, 6.45) is 6.66. The van der Waals surface area contributed by atoms with Gasteiger partial charge in [-0.3, -0.25) is 4.79 Å². The zero-order valence-electron chi connectivity index (χ0n) is 14.2. The Hall–Kier alpha value is -0.610. The molecule has 1 N–H and O–H groups in total. The van der Waals surface area contributed by atoms with Crippen LogP contribution in [0.2, 0.25) is 0 Å². The van der Waals surface area contributed by atoms with Crippen LogP contribution < -0.4 is 5.32 Å². The number of carbonyl (C=O) groups excluding carboxylic acids is 1. The van der Waals surface area contributed by atoms with E-state index in [1.165, 1.54) is 12.8 Å². The lowest BCUT2D eigenvalue weighted by atomic mass is 9.96. The molecule has 3 atom stereocenters. The molecule has 0 heterocycles. The van der Waals surface area contributed by atoms with Crippen molar-refractivity contribution in [2.24, 2.45) is 5.92 Å². The Morgan fingerprint density at radius 3 is 2.67 bits per heavy atom. The fourth-order valence-corrected chi connectivity index (χ4v) is 3.66. The van der Waals surface area contributed by atoms with Crippen molar-refractivity contribution in [3.63, 3.8) is 0 Å². The molecule has 2 fully saturated rings. The van der Waals surface area contributed by atoms with Gasteiger partial charge in [0.1, 0.15) is 5.54 Å². The van der Waals surface area contributed by atoms with Gasteiger partial charge in [0, 0.05) is 12.1 Å². The Labute approximate surface area is 129 Å². The summed E-state index contributed by atoms with van der Waals surface area (Å²) < 4.78 is 5.35. The second kappa shape index (κ2) is 7.10. The fraction of sp³-hybridized carbons (Fsp3) is 0.941. The first-order chi connectivity index (χ1) is 10.0. The third-order valence-corrected chi connectivity index (χ3v) is 5.39. The largest absolute Gasteiger partial charge is 0.465 e. The van der Waals surface area contributed by atoms with Crippen molar-refractivity contribution in [1.29, 1.82) is 0 Å². The Bertz CT molecular complexity index is 357. The monoisotopic (exact) mass is 296 g/mol. The first-order valence-corrected chi connectivity index (χ1v) is 8.68. The quantitative estimate of drug-likeness (QED) is 0.699. The normalized spacial score (nSPS) is 30.6. The van der Waals surface area contributed by atoms with Gasteiger partial charge in [0.2, 0.25) is 0 Å². The van der Waals surface area contributed by atoms with Crippen LogP contribution in [-0.4, -0.2) is 48.7 Å². The van der Waals surface area contributed by atoms with Crippen LogP contribution in [0.15, 0.2) is 0 Å². The number of ether oxygens (including phenoxy) is 1. The molecule has 3 unspecified atom stereocenters. The van der Waals surface area contributed by atoms with E-state index in [2.05, 4.69) is 31.1 Å². The summed E-state index contributed by atoms with van der Waals surface area (Å²) >= 11 is 0. The highest BCUT2D eigenvalue weighted by Gasteiger charge is 2.48. The maximum atomic E-state index is 12.5. The SMILES string of the molecule is CCCNC1(C(=O)OCC)CCC(N(C)C(C)C2CC2)C1. The summed E-state index contributed by atoms with van der Waals surface area (Å²) in [5, 5.41) is 3.50. The number of rotatable bonds is 8. The molecule has 2 aliphatic rings. The van der Waals surface area contributed by atoms with E-state index in [-0.39, 0.29) is 5.97 Å². The van der Waals surface area contributed by atoms with E-state index in [9.17, 15) is 4.79 Å². The number of hydrogen-bond donors (Lipinski definition) is 1. The summed E-state index contributed by atoms with van der Waals surface area (Å²) in [5.41, 5.74) is -0.450. The van der Waals surface area contributed by atoms with E-state index in [1.54, 1.807) is 0 Å². The number of esters is 1. The van der Waals surface area contributed by atoms with Gasteiger partial charge in [-0.1, -0.05) is 6.92 Å². The van der Waals surface area contributed by atoms with E-state index >= 15 is 0 Å². The van der Waals surface area contributed by atoms with E-state index in [4.69, 9.17) is 4.74 Å². The molecule has 0 bridgehead atoms. The van der Waals surface area contributed by atoms with E-state index < -0.39 is 5.54 Å². The van der Waals surface area contributed by atoms with Gasteiger partial charge in [-0.05, 0) is 71.9 Å². The Kier molecular flexibility index (Phi) is 5.67. The van der Waals surface area contributed by atoms with Crippen LogP contribution in [0.4, 0.5) is 0 Å². The highest BCUT2D eigenvalue weighted by molar-refractivity contribution is 5.81. The Morgan fingerprint density at radius 1 is 1.38 bits per heavy atom.